The molecule has 1 N–H and O–H groups in total. The molecule has 1 atom stereocenters. The van der Waals surface area contributed by atoms with Gasteiger partial charge in [-0.15, -0.1) is 0 Å². The lowest BCUT2D eigenvalue weighted by Gasteiger charge is -2.13. The second-order valence-electron chi connectivity index (χ2n) is 3.86. The van der Waals surface area contributed by atoms with E-state index in [4.69, 9.17) is 11.6 Å². The summed E-state index contributed by atoms with van der Waals surface area (Å²) in [6.45, 7) is 1.94. The summed E-state index contributed by atoms with van der Waals surface area (Å²) in [7, 11) is 0. The molecule has 0 bridgehead atoms. The van der Waals surface area contributed by atoms with E-state index in [2.05, 4.69) is 20.9 Å². The number of hydrogen-bond donors (Lipinski definition) is 1. The molecule has 2 nitrogen and oxygen atoms in total. The van der Waals surface area contributed by atoms with Crippen molar-refractivity contribution in [1.29, 1.82) is 0 Å². The summed E-state index contributed by atoms with van der Waals surface area (Å²) < 4.78 is 0.791. The van der Waals surface area contributed by atoms with Crippen LogP contribution in [0, 0.1) is 6.92 Å². The first-order valence-corrected chi connectivity index (χ1v) is 6.29. The minimum Gasteiger partial charge on any atom is -0.384 e. The topological polar surface area (TPSA) is 33.1 Å². The molecule has 17 heavy (non-hydrogen) atoms. The summed E-state index contributed by atoms with van der Waals surface area (Å²) in [5, 5.41) is 10.9. The van der Waals surface area contributed by atoms with Gasteiger partial charge >= 0.3 is 0 Å². The highest BCUT2D eigenvalue weighted by Gasteiger charge is 2.14. The zero-order valence-corrected chi connectivity index (χ0v) is 11.5. The molecule has 4 heteroatoms. The van der Waals surface area contributed by atoms with Crippen LogP contribution in [0.5, 0.6) is 0 Å². The van der Waals surface area contributed by atoms with E-state index in [9.17, 15) is 5.11 Å². The molecule has 0 fully saturated rings. The van der Waals surface area contributed by atoms with Crippen molar-refractivity contribution < 1.29 is 5.11 Å². The van der Waals surface area contributed by atoms with Crippen molar-refractivity contribution in [3.63, 3.8) is 0 Å². The highest BCUT2D eigenvalue weighted by atomic mass is 79.9. The van der Waals surface area contributed by atoms with Gasteiger partial charge < -0.3 is 5.11 Å². The number of nitrogens with zero attached hydrogens (tertiary/aromatic N) is 1. The van der Waals surface area contributed by atoms with Gasteiger partial charge in [0.1, 0.15) is 6.10 Å². The molecule has 1 heterocycles. The Morgan fingerprint density at radius 3 is 2.71 bits per heavy atom. The maximum absolute atomic E-state index is 10.3. The van der Waals surface area contributed by atoms with Gasteiger partial charge in [-0.05, 0) is 30.2 Å². The van der Waals surface area contributed by atoms with E-state index in [1.54, 1.807) is 30.6 Å². The number of pyridine rings is 1. The van der Waals surface area contributed by atoms with Gasteiger partial charge in [0, 0.05) is 27.5 Å². The second-order valence-corrected chi connectivity index (χ2v) is 5.15. The molecule has 2 aromatic rings. The van der Waals surface area contributed by atoms with E-state index in [1.807, 2.05) is 13.0 Å². The Bertz CT molecular complexity index is 545. The summed E-state index contributed by atoms with van der Waals surface area (Å²) in [5.74, 6) is 0. The average molecular weight is 313 g/mol. The Labute approximate surface area is 113 Å². The van der Waals surface area contributed by atoms with Gasteiger partial charge in [-0.1, -0.05) is 39.7 Å². The molecule has 1 aromatic carbocycles. The molecule has 2 rings (SSSR count). The number of hydrogen-bond acceptors (Lipinski definition) is 2. The molecule has 0 saturated heterocycles. The zero-order valence-electron chi connectivity index (χ0n) is 9.19. The Hall–Kier alpha value is -0.900. The summed E-state index contributed by atoms with van der Waals surface area (Å²) in [4.78, 5) is 4.08. The van der Waals surface area contributed by atoms with Gasteiger partial charge in [0.05, 0.1) is 0 Å². The monoisotopic (exact) mass is 311 g/mol. The summed E-state index contributed by atoms with van der Waals surface area (Å²) >= 11 is 9.27. The summed E-state index contributed by atoms with van der Waals surface area (Å²) in [6.07, 6.45) is 2.72. The molecular weight excluding hydrogens is 302 g/mol. The fraction of sp³-hybridized carbons (Fsp3) is 0.154. The van der Waals surface area contributed by atoms with E-state index < -0.39 is 6.10 Å². The summed E-state index contributed by atoms with van der Waals surface area (Å²) in [6, 6.07) is 7.25. The molecular formula is C13H11BrClNO. The standard InChI is InChI=1S/C13H11BrClNO/c1-8-4-9(7-16-6-8)13(17)11-3-2-10(15)5-12(11)14/h2-7,13,17H,1H3. The number of halogens is 2. The van der Waals surface area contributed by atoms with E-state index in [0.29, 0.717) is 5.02 Å². The fourth-order valence-corrected chi connectivity index (χ4v) is 2.53. The van der Waals surface area contributed by atoms with E-state index in [0.717, 1.165) is 21.2 Å². The lowest BCUT2D eigenvalue weighted by molar-refractivity contribution is 0.219. The van der Waals surface area contributed by atoms with E-state index >= 15 is 0 Å². The Morgan fingerprint density at radius 2 is 2.06 bits per heavy atom. The van der Waals surface area contributed by atoms with Crippen LogP contribution in [0.1, 0.15) is 22.8 Å². The number of rotatable bonds is 2. The van der Waals surface area contributed by atoms with E-state index in [1.165, 1.54) is 0 Å². The van der Waals surface area contributed by atoms with Crippen molar-refractivity contribution >= 4 is 27.5 Å². The molecule has 0 radical (unpaired) electrons. The molecule has 1 unspecified atom stereocenters. The number of benzene rings is 1. The van der Waals surface area contributed by atoms with Gasteiger partial charge in [-0.2, -0.15) is 0 Å². The first-order chi connectivity index (χ1) is 8.08. The van der Waals surface area contributed by atoms with Crippen LogP contribution in [0.3, 0.4) is 0 Å². The lowest BCUT2D eigenvalue weighted by atomic mass is 10.0. The van der Waals surface area contributed by atoms with Gasteiger partial charge in [-0.25, -0.2) is 0 Å². The molecule has 0 saturated carbocycles. The van der Waals surface area contributed by atoms with Crippen LogP contribution in [0.4, 0.5) is 0 Å². The van der Waals surface area contributed by atoms with Crippen molar-refractivity contribution in [3.05, 3.63) is 62.8 Å². The predicted molar refractivity (Wildman–Crippen MR) is 72.2 cm³/mol. The van der Waals surface area contributed by atoms with Gasteiger partial charge in [0.2, 0.25) is 0 Å². The molecule has 88 valence electrons. The number of aliphatic hydroxyl groups excluding tert-OH is 1. The Kier molecular flexibility index (Phi) is 3.82. The van der Waals surface area contributed by atoms with Crippen molar-refractivity contribution in [3.8, 4) is 0 Å². The maximum atomic E-state index is 10.3. The van der Waals surface area contributed by atoms with Crippen molar-refractivity contribution in [1.82, 2.24) is 4.98 Å². The predicted octanol–water partition coefficient (Wildman–Crippen LogP) is 3.89. The minimum atomic E-state index is -0.700. The number of aryl methyl sites for hydroxylation is 1. The maximum Gasteiger partial charge on any atom is 0.107 e. The van der Waals surface area contributed by atoms with Crippen LogP contribution in [-0.2, 0) is 0 Å². The average Bonchev–Trinajstić information content (AvgIpc) is 2.28. The highest BCUT2D eigenvalue weighted by molar-refractivity contribution is 9.10. The largest absolute Gasteiger partial charge is 0.384 e. The third-order valence-electron chi connectivity index (χ3n) is 2.47. The van der Waals surface area contributed by atoms with Crippen LogP contribution in [0.25, 0.3) is 0 Å². The minimum absolute atomic E-state index is 0.634. The Morgan fingerprint density at radius 1 is 1.29 bits per heavy atom. The summed E-state index contributed by atoms with van der Waals surface area (Å²) in [5.41, 5.74) is 2.57. The third kappa shape index (κ3) is 2.86. The fourth-order valence-electron chi connectivity index (χ4n) is 1.63. The lowest BCUT2D eigenvalue weighted by Crippen LogP contribution is -2.01. The van der Waals surface area contributed by atoms with Crippen LogP contribution in [0.2, 0.25) is 5.02 Å². The van der Waals surface area contributed by atoms with Crippen LogP contribution in [0.15, 0.2) is 41.1 Å². The molecule has 0 aliphatic heterocycles. The van der Waals surface area contributed by atoms with E-state index in [-0.39, 0.29) is 0 Å². The third-order valence-corrected chi connectivity index (χ3v) is 3.39. The van der Waals surface area contributed by atoms with Crippen LogP contribution >= 0.6 is 27.5 Å². The first kappa shape index (κ1) is 12.6. The zero-order chi connectivity index (χ0) is 12.4. The van der Waals surface area contributed by atoms with Crippen LogP contribution < -0.4 is 0 Å². The molecule has 0 amide bonds. The quantitative estimate of drug-likeness (QED) is 0.912. The van der Waals surface area contributed by atoms with Crippen LogP contribution in [-0.4, -0.2) is 10.1 Å². The smallest absolute Gasteiger partial charge is 0.107 e. The Balaban J connectivity index is 2.40. The normalized spacial score (nSPS) is 12.5. The van der Waals surface area contributed by atoms with Gasteiger partial charge in [0.25, 0.3) is 0 Å². The molecule has 1 aromatic heterocycles. The molecule has 0 aliphatic carbocycles. The molecule has 0 spiro atoms. The molecule has 0 aliphatic rings. The SMILES string of the molecule is Cc1cncc(C(O)c2ccc(Cl)cc2Br)c1. The number of aromatic nitrogens is 1. The first-order valence-electron chi connectivity index (χ1n) is 5.12. The van der Waals surface area contributed by atoms with Crippen molar-refractivity contribution in [2.24, 2.45) is 0 Å². The number of aliphatic hydroxyl groups is 1. The van der Waals surface area contributed by atoms with Crippen molar-refractivity contribution in [2.45, 2.75) is 13.0 Å². The van der Waals surface area contributed by atoms with Crippen molar-refractivity contribution in [2.75, 3.05) is 0 Å². The van der Waals surface area contributed by atoms with Gasteiger partial charge in [-0.3, -0.25) is 4.98 Å². The second kappa shape index (κ2) is 5.17. The van der Waals surface area contributed by atoms with Gasteiger partial charge in [0.15, 0.2) is 0 Å². The highest BCUT2D eigenvalue weighted by Crippen LogP contribution is 2.30.